The molecule has 0 spiro atoms. The normalized spacial score (nSPS) is 8.50. The minimum atomic E-state index is 0.252. The first-order chi connectivity index (χ1) is 3.91. The third-order valence-corrected chi connectivity index (χ3v) is 2.56. The number of hydrogen-bond acceptors (Lipinski definition) is 1. The van der Waals surface area contributed by atoms with Gasteiger partial charge in [0.25, 0.3) is 0 Å². The molecule has 0 aliphatic rings. The zero-order chi connectivity index (χ0) is 6.24. The topological polar surface area (TPSA) is 23.8 Å². The van der Waals surface area contributed by atoms with Crippen LogP contribution in [0.15, 0.2) is 0 Å². The second-order valence-corrected chi connectivity index (χ2v) is 3.97. The number of nitrogens with zero attached hydrogens (tertiary/aromatic N) is 1. The van der Waals surface area contributed by atoms with Crippen LogP contribution in [0.1, 0.15) is 12.8 Å². The van der Waals surface area contributed by atoms with E-state index in [9.17, 15) is 0 Å². The van der Waals surface area contributed by atoms with E-state index >= 15 is 0 Å². The molecule has 0 bridgehead atoms. The average Bonchev–Trinajstić information content (AvgIpc) is 1.81. The van der Waals surface area contributed by atoms with Crippen LogP contribution in [0.5, 0.6) is 0 Å². The van der Waals surface area contributed by atoms with Crippen molar-refractivity contribution in [2.45, 2.75) is 18.2 Å². The molecule has 0 aliphatic carbocycles. The van der Waals surface area contributed by atoms with Crippen LogP contribution in [0.2, 0.25) is 5.32 Å². The molecule has 0 atom stereocenters. The molecule has 0 heterocycles. The maximum atomic E-state index is 8.13. The number of halogens is 1. The van der Waals surface area contributed by atoms with Crippen LogP contribution in [-0.4, -0.2) is 20.3 Å². The fourth-order valence-electron chi connectivity index (χ4n) is 0.314. The van der Waals surface area contributed by atoms with Crippen molar-refractivity contribution < 1.29 is 0 Å². The standard InChI is InChI=1S/C5H8BrNSe/c6-3-1-2-4-8-5-7/h1-4H2. The van der Waals surface area contributed by atoms with Crippen molar-refractivity contribution in [2.75, 3.05) is 5.33 Å². The number of nitriles is 1. The summed E-state index contributed by atoms with van der Waals surface area (Å²) in [4.78, 5) is 2.17. The summed E-state index contributed by atoms with van der Waals surface area (Å²) in [5.41, 5.74) is 0. The van der Waals surface area contributed by atoms with E-state index in [-0.39, 0.29) is 15.0 Å². The van der Waals surface area contributed by atoms with Crippen LogP contribution in [-0.2, 0) is 0 Å². The summed E-state index contributed by atoms with van der Waals surface area (Å²) < 4.78 is 0. The van der Waals surface area contributed by atoms with E-state index in [2.05, 4.69) is 20.9 Å². The van der Waals surface area contributed by atoms with E-state index in [4.69, 9.17) is 5.26 Å². The van der Waals surface area contributed by atoms with Crippen LogP contribution < -0.4 is 0 Å². The van der Waals surface area contributed by atoms with Crippen molar-refractivity contribution in [2.24, 2.45) is 0 Å². The van der Waals surface area contributed by atoms with Gasteiger partial charge >= 0.3 is 64.6 Å². The molecule has 0 amide bonds. The first-order valence-electron chi connectivity index (χ1n) is 2.48. The maximum absolute atomic E-state index is 8.13. The summed E-state index contributed by atoms with van der Waals surface area (Å²) in [5.74, 6) is 0. The van der Waals surface area contributed by atoms with E-state index in [1.807, 2.05) is 0 Å². The van der Waals surface area contributed by atoms with Gasteiger partial charge in [-0.3, -0.25) is 0 Å². The molecule has 0 saturated carbocycles. The van der Waals surface area contributed by atoms with Crippen molar-refractivity contribution in [3.63, 3.8) is 0 Å². The van der Waals surface area contributed by atoms with Gasteiger partial charge in [0.2, 0.25) is 0 Å². The number of alkyl halides is 1. The van der Waals surface area contributed by atoms with Gasteiger partial charge in [0.1, 0.15) is 0 Å². The Kier molecular flexibility index (Phi) is 7.95. The molecule has 0 unspecified atom stereocenters. The molecular weight excluding hydrogens is 233 g/mol. The molecule has 0 fully saturated rings. The van der Waals surface area contributed by atoms with E-state index < -0.39 is 0 Å². The average molecular weight is 241 g/mol. The summed E-state index contributed by atoms with van der Waals surface area (Å²) in [6, 6.07) is 0. The third-order valence-electron chi connectivity index (χ3n) is 0.695. The van der Waals surface area contributed by atoms with Crippen LogP contribution in [0.25, 0.3) is 0 Å². The Hall–Kier alpha value is 0.489. The quantitative estimate of drug-likeness (QED) is 0.418. The van der Waals surface area contributed by atoms with Crippen molar-refractivity contribution >= 4 is 30.9 Å². The van der Waals surface area contributed by atoms with Gasteiger partial charge in [-0.2, -0.15) is 0 Å². The van der Waals surface area contributed by atoms with Crippen molar-refractivity contribution in [3.05, 3.63) is 0 Å². The van der Waals surface area contributed by atoms with Crippen LogP contribution in [0, 0.1) is 10.2 Å². The fraction of sp³-hybridized carbons (Fsp3) is 0.800. The molecule has 0 rings (SSSR count). The van der Waals surface area contributed by atoms with Crippen LogP contribution >= 0.6 is 15.9 Å². The van der Waals surface area contributed by atoms with Crippen LogP contribution in [0.4, 0.5) is 0 Å². The summed E-state index contributed by atoms with van der Waals surface area (Å²) in [6.07, 6.45) is 2.42. The SMILES string of the molecule is N#C[Se]CCCCBr. The van der Waals surface area contributed by atoms with Gasteiger partial charge in [-0.25, -0.2) is 0 Å². The summed E-state index contributed by atoms with van der Waals surface area (Å²) >= 11 is 3.58. The molecule has 0 radical (unpaired) electrons. The van der Waals surface area contributed by atoms with E-state index in [0.717, 1.165) is 10.6 Å². The molecule has 3 heteroatoms. The molecule has 0 aromatic carbocycles. The Morgan fingerprint density at radius 3 is 2.75 bits per heavy atom. The van der Waals surface area contributed by atoms with Crippen molar-refractivity contribution in [1.82, 2.24) is 0 Å². The predicted molar refractivity (Wildman–Crippen MR) is 39.2 cm³/mol. The monoisotopic (exact) mass is 241 g/mol. The van der Waals surface area contributed by atoms with Gasteiger partial charge in [-0.15, -0.1) is 0 Å². The second kappa shape index (κ2) is 7.49. The van der Waals surface area contributed by atoms with E-state index in [1.165, 1.54) is 12.8 Å². The van der Waals surface area contributed by atoms with Crippen molar-refractivity contribution in [1.29, 1.82) is 5.26 Å². The number of rotatable bonds is 4. The molecule has 0 aromatic heterocycles. The molecule has 0 N–H and O–H groups in total. The van der Waals surface area contributed by atoms with Gasteiger partial charge in [0.05, 0.1) is 0 Å². The summed E-state index contributed by atoms with van der Waals surface area (Å²) in [5, 5.41) is 10.3. The molecular formula is C5H8BrNSe. The molecule has 0 saturated heterocycles. The third kappa shape index (κ3) is 6.49. The summed E-state index contributed by atoms with van der Waals surface area (Å²) in [6.45, 7) is 0. The van der Waals surface area contributed by atoms with E-state index in [1.54, 1.807) is 0 Å². The Bertz CT molecular complexity index is 79.0. The second-order valence-electron chi connectivity index (χ2n) is 1.34. The van der Waals surface area contributed by atoms with E-state index in [0.29, 0.717) is 0 Å². The minimum absolute atomic E-state index is 0.252. The Labute approximate surface area is 64.7 Å². The van der Waals surface area contributed by atoms with Crippen LogP contribution in [0.3, 0.4) is 0 Å². The fourth-order valence-corrected chi connectivity index (χ4v) is 1.63. The Morgan fingerprint density at radius 2 is 2.25 bits per heavy atom. The van der Waals surface area contributed by atoms with Gasteiger partial charge in [-0.1, -0.05) is 0 Å². The number of unbranched alkanes of at least 4 members (excludes halogenated alkanes) is 1. The first kappa shape index (κ1) is 8.49. The predicted octanol–water partition coefficient (Wildman–Crippen LogP) is 1.77. The first-order valence-corrected chi connectivity index (χ1v) is 5.67. The molecule has 46 valence electrons. The molecule has 8 heavy (non-hydrogen) atoms. The molecule has 0 aliphatic heterocycles. The summed E-state index contributed by atoms with van der Waals surface area (Å²) in [7, 11) is 0. The zero-order valence-corrected chi connectivity index (χ0v) is 7.86. The van der Waals surface area contributed by atoms with Gasteiger partial charge in [0, 0.05) is 0 Å². The zero-order valence-electron chi connectivity index (χ0n) is 4.56. The molecule has 1 nitrogen and oxygen atoms in total. The van der Waals surface area contributed by atoms with Crippen molar-refractivity contribution in [3.8, 4) is 4.97 Å². The Morgan fingerprint density at radius 1 is 1.50 bits per heavy atom. The van der Waals surface area contributed by atoms with Gasteiger partial charge < -0.3 is 0 Å². The van der Waals surface area contributed by atoms with Gasteiger partial charge in [0.15, 0.2) is 0 Å². The Balaban J connectivity index is 2.65. The molecule has 0 aromatic rings. The van der Waals surface area contributed by atoms with Gasteiger partial charge in [-0.05, 0) is 0 Å². The number of hydrogen-bond donors (Lipinski definition) is 0.